The van der Waals surface area contributed by atoms with Crippen molar-refractivity contribution in [2.45, 2.75) is 45.6 Å². The molecule has 0 spiro atoms. The summed E-state index contributed by atoms with van der Waals surface area (Å²) < 4.78 is 38.5. The zero-order chi connectivity index (χ0) is 23.8. The van der Waals surface area contributed by atoms with Gasteiger partial charge in [-0.3, -0.25) is 4.57 Å². The van der Waals surface area contributed by atoms with Crippen molar-refractivity contribution in [3.63, 3.8) is 0 Å². The van der Waals surface area contributed by atoms with Gasteiger partial charge in [0.1, 0.15) is 17.3 Å². The van der Waals surface area contributed by atoms with Crippen LogP contribution in [0.4, 0.5) is 14.5 Å². The number of hydrogen-bond acceptors (Lipinski definition) is 4. The second kappa shape index (κ2) is 7.16. The van der Waals surface area contributed by atoms with E-state index in [-0.39, 0.29) is 5.92 Å². The Morgan fingerprint density at radius 3 is 2.74 bits per heavy atom. The number of H-pyrrole nitrogens is 1. The van der Waals surface area contributed by atoms with E-state index in [4.69, 9.17) is 4.74 Å². The van der Waals surface area contributed by atoms with Gasteiger partial charge in [-0.1, -0.05) is 6.92 Å². The predicted octanol–water partition coefficient (Wildman–Crippen LogP) is 5.85. The summed E-state index contributed by atoms with van der Waals surface area (Å²) in [7, 11) is 0. The Balaban J connectivity index is 1.64. The van der Waals surface area contributed by atoms with Crippen LogP contribution in [0.15, 0.2) is 36.7 Å². The van der Waals surface area contributed by atoms with Crippen molar-refractivity contribution in [1.82, 2.24) is 19.7 Å². The molecule has 8 heteroatoms. The molecule has 0 saturated carbocycles. The number of nitrogens with one attached hydrogen (secondary N) is 2. The summed E-state index contributed by atoms with van der Waals surface area (Å²) in [6.45, 7) is 8.34. The molecule has 0 amide bonds. The molecule has 0 aliphatic carbocycles. The molecule has 1 unspecified atom stereocenters. The van der Waals surface area contributed by atoms with Crippen LogP contribution in [0.1, 0.15) is 49.5 Å². The minimum absolute atomic E-state index is 0.0247. The van der Waals surface area contributed by atoms with Gasteiger partial charge in [0, 0.05) is 28.6 Å². The Bertz CT molecular complexity index is 1500. The van der Waals surface area contributed by atoms with Gasteiger partial charge >= 0.3 is 0 Å². The average molecular weight is 462 g/mol. The van der Waals surface area contributed by atoms with Crippen LogP contribution < -0.4 is 5.32 Å². The van der Waals surface area contributed by atoms with Crippen molar-refractivity contribution in [3.8, 4) is 16.8 Å². The largest absolute Gasteiger partial charge is 0.501 e. The minimum atomic E-state index is -0.524. The lowest BCUT2D eigenvalue weighted by molar-refractivity contribution is 0.270. The number of fused-ring (bicyclic) bond motifs is 4. The molecule has 6 nitrogen and oxygen atoms in total. The van der Waals surface area contributed by atoms with Gasteiger partial charge in [0.2, 0.25) is 0 Å². The highest BCUT2D eigenvalue weighted by molar-refractivity contribution is 5.98. The first-order valence-electron chi connectivity index (χ1n) is 11.5. The Morgan fingerprint density at radius 2 is 2.00 bits per heavy atom. The van der Waals surface area contributed by atoms with Crippen molar-refractivity contribution in [1.29, 1.82) is 0 Å². The molecular weight excluding hydrogens is 436 g/mol. The summed E-state index contributed by atoms with van der Waals surface area (Å²) in [4.78, 5) is 3.27. The maximum atomic E-state index is 16.4. The standard InChI is InChI=1S/C26H25F2N5O/c1-5-14-8-17(21(28)24-22(14)30-26(3,4)25-32-31-13(2)33(24)25)18-9-16(27)10-19-20(11-29-23(18)19)15-6-7-34-12-15/h6-11,15,29-30H,5,12H2,1-4H3. The molecule has 6 rings (SSSR count). The number of aromatic amines is 1. The van der Waals surface area contributed by atoms with Crippen LogP contribution in [0.25, 0.3) is 27.7 Å². The number of ether oxygens (including phenoxy) is 1. The molecule has 2 aliphatic heterocycles. The number of nitrogens with zero attached hydrogens (tertiary/aromatic N) is 3. The van der Waals surface area contributed by atoms with Gasteiger partial charge in [0.05, 0.1) is 29.6 Å². The Morgan fingerprint density at radius 1 is 1.18 bits per heavy atom. The van der Waals surface area contributed by atoms with Gasteiger partial charge in [-0.05, 0) is 62.6 Å². The van der Waals surface area contributed by atoms with E-state index in [1.807, 2.05) is 46.0 Å². The number of hydrogen-bond donors (Lipinski definition) is 2. The van der Waals surface area contributed by atoms with Gasteiger partial charge in [0.25, 0.3) is 0 Å². The van der Waals surface area contributed by atoms with E-state index < -0.39 is 17.2 Å². The number of aryl methyl sites for hydroxylation is 2. The van der Waals surface area contributed by atoms with Crippen LogP contribution in [0.2, 0.25) is 0 Å². The van der Waals surface area contributed by atoms with Gasteiger partial charge < -0.3 is 15.0 Å². The highest BCUT2D eigenvalue weighted by atomic mass is 19.1. The number of anilines is 1. The molecule has 2 N–H and O–H groups in total. The molecule has 4 heterocycles. The second-order valence-corrected chi connectivity index (χ2v) is 9.52. The maximum absolute atomic E-state index is 16.4. The summed E-state index contributed by atoms with van der Waals surface area (Å²) in [6, 6.07) is 4.73. The van der Waals surface area contributed by atoms with Gasteiger partial charge in [0.15, 0.2) is 11.6 Å². The van der Waals surface area contributed by atoms with Crippen molar-refractivity contribution < 1.29 is 13.5 Å². The lowest BCUT2D eigenvalue weighted by atomic mass is 9.91. The molecule has 0 saturated heterocycles. The molecule has 34 heavy (non-hydrogen) atoms. The van der Waals surface area contributed by atoms with Crippen LogP contribution >= 0.6 is 0 Å². The summed E-state index contributed by atoms with van der Waals surface area (Å²) >= 11 is 0. The molecule has 4 aromatic rings. The van der Waals surface area contributed by atoms with Crippen LogP contribution in [0, 0.1) is 18.6 Å². The first kappa shape index (κ1) is 20.9. The van der Waals surface area contributed by atoms with E-state index in [1.165, 1.54) is 12.1 Å². The fourth-order valence-electron chi connectivity index (χ4n) is 5.22. The number of aromatic nitrogens is 4. The van der Waals surface area contributed by atoms with Crippen LogP contribution in [0.5, 0.6) is 0 Å². The van der Waals surface area contributed by atoms with Crippen molar-refractivity contribution in [3.05, 3.63) is 71.1 Å². The van der Waals surface area contributed by atoms with Crippen LogP contribution in [0.3, 0.4) is 0 Å². The van der Waals surface area contributed by atoms with Gasteiger partial charge in [-0.25, -0.2) is 8.78 Å². The third-order valence-corrected chi connectivity index (χ3v) is 6.91. The zero-order valence-electron chi connectivity index (χ0n) is 19.5. The van der Waals surface area contributed by atoms with E-state index in [2.05, 4.69) is 20.5 Å². The lowest BCUT2D eigenvalue weighted by Gasteiger charge is -2.35. The molecule has 2 aliphatic rings. The first-order chi connectivity index (χ1) is 16.3. The fraction of sp³-hybridized carbons (Fsp3) is 0.308. The number of rotatable bonds is 3. The van der Waals surface area contributed by atoms with Crippen LogP contribution in [-0.4, -0.2) is 26.4 Å². The van der Waals surface area contributed by atoms with E-state index in [0.717, 1.165) is 22.2 Å². The third kappa shape index (κ3) is 2.84. The molecule has 1 atom stereocenters. The maximum Gasteiger partial charge on any atom is 0.162 e. The van der Waals surface area contributed by atoms with E-state index >= 15 is 4.39 Å². The molecule has 0 radical (unpaired) electrons. The summed E-state index contributed by atoms with van der Waals surface area (Å²) in [5, 5.41) is 12.7. The van der Waals surface area contributed by atoms with Crippen molar-refractivity contribution in [2.24, 2.45) is 0 Å². The molecular formula is C26H25F2N5O. The monoisotopic (exact) mass is 461 g/mol. The number of benzene rings is 2. The Kier molecular flexibility index (Phi) is 4.40. The normalized spacial score (nSPS) is 18.0. The fourth-order valence-corrected chi connectivity index (χ4v) is 5.22. The highest BCUT2D eigenvalue weighted by Gasteiger charge is 2.37. The smallest absolute Gasteiger partial charge is 0.162 e. The summed E-state index contributed by atoms with van der Waals surface area (Å²) in [5.41, 5.74) is 3.96. The SMILES string of the molecule is CCc1cc(-c2cc(F)cc3c(C4C=COC4)c[nH]c23)c(F)c2c1NC(C)(C)c1nnc(C)n1-2. The third-order valence-electron chi connectivity index (χ3n) is 6.91. The predicted molar refractivity (Wildman–Crippen MR) is 127 cm³/mol. The molecule has 0 bridgehead atoms. The minimum Gasteiger partial charge on any atom is -0.501 e. The highest BCUT2D eigenvalue weighted by Crippen LogP contribution is 2.45. The summed E-state index contributed by atoms with van der Waals surface area (Å²) in [5.74, 6) is 0.406. The van der Waals surface area contributed by atoms with Crippen molar-refractivity contribution in [2.75, 3.05) is 11.9 Å². The van der Waals surface area contributed by atoms with E-state index in [0.29, 0.717) is 47.0 Å². The first-order valence-corrected chi connectivity index (χ1v) is 11.5. The van der Waals surface area contributed by atoms with Gasteiger partial charge in [-0.15, -0.1) is 10.2 Å². The lowest BCUT2D eigenvalue weighted by Crippen LogP contribution is -2.37. The van der Waals surface area contributed by atoms with E-state index in [9.17, 15) is 4.39 Å². The molecule has 174 valence electrons. The Labute approximate surface area is 195 Å². The van der Waals surface area contributed by atoms with E-state index in [1.54, 1.807) is 10.8 Å². The quantitative estimate of drug-likeness (QED) is 0.401. The van der Waals surface area contributed by atoms with Gasteiger partial charge in [-0.2, -0.15) is 0 Å². The zero-order valence-corrected chi connectivity index (χ0v) is 19.5. The Hall–Kier alpha value is -3.68. The topological polar surface area (TPSA) is 67.8 Å². The second-order valence-electron chi connectivity index (χ2n) is 9.52. The summed E-state index contributed by atoms with van der Waals surface area (Å²) in [6.07, 6.45) is 6.15. The van der Waals surface area contributed by atoms with Crippen LogP contribution in [-0.2, 0) is 16.7 Å². The van der Waals surface area contributed by atoms with Crippen molar-refractivity contribution >= 4 is 16.6 Å². The number of halogens is 2. The molecule has 2 aromatic heterocycles. The average Bonchev–Trinajstić information content (AvgIpc) is 3.53. The molecule has 2 aromatic carbocycles. The molecule has 0 fully saturated rings.